The molecule has 5 rings (SSSR count). The number of nitrogens with zero attached hydrogens (tertiary/aromatic N) is 5. The number of piperazine rings is 1. The van der Waals surface area contributed by atoms with Crippen LogP contribution in [0.15, 0.2) is 61.1 Å². The third kappa shape index (κ3) is 13.9. The van der Waals surface area contributed by atoms with Gasteiger partial charge >= 0.3 is 6.18 Å². The number of alkyl halides is 3. The quantitative estimate of drug-likeness (QED) is 0.208. The van der Waals surface area contributed by atoms with E-state index in [0.717, 1.165) is 24.7 Å². The Balaban J connectivity index is 0.000000571. The van der Waals surface area contributed by atoms with Crippen molar-refractivity contribution in [1.82, 2.24) is 24.4 Å². The molecule has 0 radical (unpaired) electrons. The highest BCUT2D eigenvalue weighted by atomic mass is 32.2. The van der Waals surface area contributed by atoms with Gasteiger partial charge in [-0.1, -0.05) is 24.0 Å². The van der Waals surface area contributed by atoms with Gasteiger partial charge in [0.15, 0.2) is 5.65 Å². The molecule has 0 unspecified atom stereocenters. The lowest BCUT2D eigenvalue weighted by atomic mass is 10.0. The number of carbonyl (C=O) groups is 1. The summed E-state index contributed by atoms with van der Waals surface area (Å²) in [5.74, 6) is 5.57. The van der Waals surface area contributed by atoms with Crippen LogP contribution in [-0.4, -0.2) is 102 Å². The van der Waals surface area contributed by atoms with Gasteiger partial charge in [0.25, 0.3) is 26.1 Å². The fourth-order valence-corrected chi connectivity index (χ4v) is 4.42. The Kier molecular flexibility index (Phi) is 13.0. The summed E-state index contributed by atoms with van der Waals surface area (Å²) in [7, 11) is -5.33. The van der Waals surface area contributed by atoms with Crippen molar-refractivity contribution in [3.63, 3.8) is 0 Å². The van der Waals surface area contributed by atoms with Crippen molar-refractivity contribution in [1.29, 1.82) is 0 Å². The fraction of sp³-hybridized carbons (Fsp3) is 0.323. The summed E-state index contributed by atoms with van der Waals surface area (Å²) in [6, 6.07) is 10.8. The molecule has 264 valence electrons. The number of likely N-dealkylation sites (N-methyl/N-ethyl adjacent to an activating group) is 1. The van der Waals surface area contributed by atoms with Crippen LogP contribution in [0, 0.1) is 18.8 Å². The van der Waals surface area contributed by atoms with E-state index < -0.39 is 37.9 Å². The van der Waals surface area contributed by atoms with Crippen molar-refractivity contribution in [2.75, 3.05) is 51.1 Å². The molecule has 0 saturated carbocycles. The van der Waals surface area contributed by atoms with Gasteiger partial charge in [0.05, 0.1) is 29.8 Å². The highest BCUT2D eigenvalue weighted by Gasteiger charge is 2.34. The molecule has 2 aromatic heterocycles. The molecule has 1 fully saturated rings. The van der Waals surface area contributed by atoms with Gasteiger partial charge in [-0.25, -0.2) is 9.50 Å². The van der Waals surface area contributed by atoms with Crippen LogP contribution in [0.5, 0.6) is 0 Å². The zero-order valence-corrected chi connectivity index (χ0v) is 28.6. The van der Waals surface area contributed by atoms with Crippen LogP contribution in [0.2, 0.25) is 0 Å². The molecule has 49 heavy (non-hydrogen) atoms. The van der Waals surface area contributed by atoms with E-state index in [9.17, 15) is 34.8 Å². The van der Waals surface area contributed by atoms with Crippen molar-refractivity contribution < 1.29 is 43.9 Å². The molecule has 3 N–H and O–H groups in total. The number of rotatable bonds is 4. The van der Waals surface area contributed by atoms with Gasteiger partial charge in [-0.05, 0) is 49.4 Å². The summed E-state index contributed by atoms with van der Waals surface area (Å²) in [5, 5.41) is 6.76. The Labute approximate surface area is 282 Å². The average Bonchev–Trinajstić information content (AvgIpc) is 3.44. The molecule has 13 nitrogen and oxygen atoms in total. The van der Waals surface area contributed by atoms with E-state index in [4.69, 9.17) is 9.11 Å². The van der Waals surface area contributed by atoms with Gasteiger partial charge in [0, 0.05) is 68.0 Å². The van der Waals surface area contributed by atoms with Crippen LogP contribution in [0.3, 0.4) is 0 Å². The molecule has 0 atom stereocenters. The van der Waals surface area contributed by atoms with Crippen molar-refractivity contribution in [2.45, 2.75) is 19.6 Å². The maximum atomic E-state index is 13.9. The SMILES string of the molecule is CS(=O)(=O)O.CS(=O)(=O)O.Cc1ccc(C(=O)Nc2ccc(CN3CCN(C)CC3)c(C(F)(F)F)c2)cc1C#Cc1cnc2ccnn2c1. The number of fused-ring (bicyclic) bond motifs is 1. The van der Waals surface area contributed by atoms with Gasteiger partial charge < -0.3 is 10.2 Å². The number of halogens is 3. The van der Waals surface area contributed by atoms with Crippen LogP contribution in [0.4, 0.5) is 18.9 Å². The summed E-state index contributed by atoms with van der Waals surface area (Å²) >= 11 is 0. The summed E-state index contributed by atoms with van der Waals surface area (Å²) in [4.78, 5) is 21.4. The van der Waals surface area contributed by atoms with Crippen molar-refractivity contribution in [2.24, 2.45) is 0 Å². The molecule has 0 bridgehead atoms. The molecule has 4 aromatic rings. The van der Waals surface area contributed by atoms with Crippen molar-refractivity contribution in [3.05, 3.63) is 94.4 Å². The highest BCUT2D eigenvalue weighted by molar-refractivity contribution is 7.85. The van der Waals surface area contributed by atoms with Crippen LogP contribution in [0.1, 0.15) is 38.2 Å². The second-order valence-corrected chi connectivity index (χ2v) is 14.1. The Morgan fingerprint density at radius 1 is 0.959 bits per heavy atom. The summed E-state index contributed by atoms with van der Waals surface area (Å²) in [6.07, 6.45) is 1.93. The minimum atomic E-state index is -4.54. The normalized spacial score (nSPS) is 14.1. The van der Waals surface area contributed by atoms with Gasteiger partial charge in [-0.3, -0.25) is 18.8 Å². The first kappa shape index (κ1) is 39.1. The smallest absolute Gasteiger partial charge is 0.322 e. The zero-order valence-electron chi connectivity index (χ0n) is 26.9. The molecule has 0 aliphatic carbocycles. The first-order chi connectivity index (χ1) is 22.7. The Bertz CT molecular complexity index is 2020. The van der Waals surface area contributed by atoms with Gasteiger partial charge in [0.2, 0.25) is 0 Å². The van der Waals surface area contributed by atoms with Crippen molar-refractivity contribution >= 4 is 37.5 Å². The second-order valence-electron chi connectivity index (χ2n) is 11.1. The van der Waals surface area contributed by atoms with Gasteiger partial charge in [-0.15, -0.1) is 0 Å². The lowest BCUT2D eigenvalue weighted by molar-refractivity contribution is -0.138. The molecule has 1 amide bonds. The number of hydrogen-bond acceptors (Lipinski definition) is 9. The number of hydrogen-bond donors (Lipinski definition) is 3. The number of carbonyl (C=O) groups excluding carboxylic acids is 1. The highest BCUT2D eigenvalue weighted by Crippen LogP contribution is 2.34. The number of anilines is 1. The minimum Gasteiger partial charge on any atom is -0.322 e. The fourth-order valence-electron chi connectivity index (χ4n) is 4.42. The van der Waals surface area contributed by atoms with Crippen LogP contribution >= 0.6 is 0 Å². The van der Waals surface area contributed by atoms with Crippen LogP contribution < -0.4 is 5.32 Å². The molecule has 1 aliphatic rings. The Morgan fingerprint density at radius 2 is 1.59 bits per heavy atom. The molecule has 2 aromatic carbocycles. The number of aromatic nitrogens is 3. The molecule has 1 saturated heterocycles. The zero-order chi connectivity index (χ0) is 36.6. The first-order valence-corrected chi connectivity index (χ1v) is 18.0. The standard InChI is InChI=1S/C29H27F3N6O.2CH4O3S/c1-20-3-5-23(15-22(20)6-4-21-17-33-27-9-10-34-38(27)18-21)28(39)35-25-8-7-24(26(16-25)29(30,31)32)19-37-13-11-36(2)12-14-37;2*1-5(2,3)4/h3,5,7-10,15-18H,11-14,19H2,1-2H3,(H,35,39);2*1H3,(H,2,3,4). The second kappa shape index (κ2) is 16.3. The molecular weight excluding hydrogens is 690 g/mol. The van der Waals surface area contributed by atoms with Gasteiger partial charge in [0.1, 0.15) is 0 Å². The monoisotopic (exact) mass is 724 g/mol. The predicted octanol–water partition coefficient (Wildman–Crippen LogP) is 3.46. The number of aryl methyl sites for hydroxylation is 1. The maximum Gasteiger partial charge on any atom is 0.416 e. The lowest BCUT2D eigenvalue weighted by Crippen LogP contribution is -2.44. The first-order valence-electron chi connectivity index (χ1n) is 14.3. The van der Waals surface area contributed by atoms with Crippen LogP contribution in [-0.2, 0) is 33.0 Å². The van der Waals surface area contributed by atoms with Crippen molar-refractivity contribution in [3.8, 4) is 11.8 Å². The van der Waals surface area contributed by atoms with E-state index in [0.29, 0.717) is 47.9 Å². The predicted molar refractivity (Wildman–Crippen MR) is 177 cm³/mol. The van der Waals surface area contributed by atoms with E-state index in [-0.39, 0.29) is 17.8 Å². The van der Waals surface area contributed by atoms with E-state index in [2.05, 4.69) is 32.1 Å². The number of nitrogens with one attached hydrogen (secondary N) is 1. The van der Waals surface area contributed by atoms with E-state index in [1.807, 2.05) is 18.9 Å². The number of benzene rings is 2. The van der Waals surface area contributed by atoms with Gasteiger partial charge in [-0.2, -0.15) is 35.1 Å². The third-order valence-corrected chi connectivity index (χ3v) is 6.75. The third-order valence-electron chi connectivity index (χ3n) is 6.75. The largest absolute Gasteiger partial charge is 0.416 e. The van der Waals surface area contributed by atoms with E-state index >= 15 is 0 Å². The summed E-state index contributed by atoms with van der Waals surface area (Å²) in [6.45, 7) is 5.12. The molecule has 1 aliphatic heterocycles. The van der Waals surface area contributed by atoms with Crippen LogP contribution in [0.25, 0.3) is 5.65 Å². The summed E-state index contributed by atoms with van der Waals surface area (Å²) < 4.78 is 95.1. The Hall–Kier alpha value is -4.38. The maximum absolute atomic E-state index is 13.9. The lowest BCUT2D eigenvalue weighted by Gasteiger charge is -2.33. The average molecular weight is 725 g/mol. The topological polar surface area (TPSA) is 175 Å². The minimum absolute atomic E-state index is 0.0845. The van der Waals surface area contributed by atoms with E-state index in [1.54, 1.807) is 47.4 Å². The summed E-state index contributed by atoms with van der Waals surface area (Å²) in [5.41, 5.74) is 2.68. The molecular formula is C31H35F3N6O7S2. The van der Waals surface area contributed by atoms with E-state index in [1.165, 1.54) is 12.1 Å². The molecule has 18 heteroatoms. The molecule has 0 spiro atoms. The molecule has 3 heterocycles. The Morgan fingerprint density at radius 3 is 2.20 bits per heavy atom. The number of amides is 1.